The van der Waals surface area contributed by atoms with Crippen molar-refractivity contribution in [3.8, 4) is 0 Å². The fraction of sp³-hybridized carbons (Fsp3) is 0.364. The van der Waals surface area contributed by atoms with E-state index in [9.17, 15) is 9.59 Å². The maximum atomic E-state index is 12.1. The minimum absolute atomic E-state index is 0.0669. The van der Waals surface area contributed by atoms with Crippen LogP contribution in [0.5, 0.6) is 0 Å². The van der Waals surface area contributed by atoms with Crippen molar-refractivity contribution < 1.29 is 19.2 Å². The zero-order valence-corrected chi connectivity index (χ0v) is 10.6. The van der Waals surface area contributed by atoms with E-state index in [4.69, 9.17) is 9.63 Å². The number of rotatable bonds is 3. The van der Waals surface area contributed by atoms with Crippen molar-refractivity contribution in [2.24, 2.45) is 0 Å². The molecule has 0 radical (unpaired) electrons. The van der Waals surface area contributed by atoms with Crippen LogP contribution in [0, 0.1) is 6.92 Å². The van der Waals surface area contributed by atoms with Crippen LogP contribution in [0.2, 0.25) is 0 Å². The molecule has 1 fully saturated rings. The van der Waals surface area contributed by atoms with Gasteiger partial charge in [0.25, 0.3) is 5.91 Å². The standard InChI is InChI=1S/C11H11N5O4/c1-6-2-12-20-9(6)10(17)15-3-7(4-15)16-5-8(11(18)19)13-14-16/h2,5,7H,3-4H2,1H3,(H,18,19). The summed E-state index contributed by atoms with van der Waals surface area (Å²) in [6, 6.07) is -0.0669. The minimum Gasteiger partial charge on any atom is -0.476 e. The third kappa shape index (κ3) is 1.92. The molecule has 0 unspecified atom stereocenters. The highest BCUT2D eigenvalue weighted by molar-refractivity contribution is 5.93. The third-order valence-corrected chi connectivity index (χ3v) is 3.20. The number of aromatic carboxylic acids is 1. The summed E-state index contributed by atoms with van der Waals surface area (Å²) in [5.74, 6) is -1.12. The summed E-state index contributed by atoms with van der Waals surface area (Å²) in [5.41, 5.74) is 0.577. The van der Waals surface area contributed by atoms with Crippen molar-refractivity contribution in [3.05, 3.63) is 29.4 Å². The van der Waals surface area contributed by atoms with Gasteiger partial charge in [-0.25, -0.2) is 9.48 Å². The van der Waals surface area contributed by atoms with Gasteiger partial charge in [-0.1, -0.05) is 10.4 Å². The second kappa shape index (κ2) is 4.44. The van der Waals surface area contributed by atoms with E-state index in [1.807, 2.05) is 0 Å². The Morgan fingerprint density at radius 3 is 2.75 bits per heavy atom. The SMILES string of the molecule is Cc1cnoc1C(=O)N1CC(n2cc(C(=O)O)nn2)C1. The van der Waals surface area contributed by atoms with Crippen LogP contribution >= 0.6 is 0 Å². The number of carboxylic acid groups (broad SMARTS) is 1. The lowest BCUT2D eigenvalue weighted by Crippen LogP contribution is -2.51. The summed E-state index contributed by atoms with van der Waals surface area (Å²) >= 11 is 0. The van der Waals surface area contributed by atoms with Crippen molar-refractivity contribution >= 4 is 11.9 Å². The first-order chi connectivity index (χ1) is 9.56. The van der Waals surface area contributed by atoms with Crippen LogP contribution in [-0.2, 0) is 0 Å². The molecule has 104 valence electrons. The molecule has 0 aliphatic carbocycles. The fourth-order valence-corrected chi connectivity index (χ4v) is 1.98. The van der Waals surface area contributed by atoms with Crippen molar-refractivity contribution in [2.45, 2.75) is 13.0 Å². The molecule has 3 heterocycles. The molecule has 1 saturated heterocycles. The van der Waals surface area contributed by atoms with E-state index >= 15 is 0 Å². The number of amides is 1. The van der Waals surface area contributed by atoms with E-state index in [1.165, 1.54) is 17.1 Å². The number of likely N-dealkylation sites (tertiary alicyclic amines) is 1. The fourth-order valence-electron chi connectivity index (χ4n) is 1.98. The first kappa shape index (κ1) is 12.3. The van der Waals surface area contributed by atoms with Gasteiger partial charge in [0.2, 0.25) is 5.76 Å². The maximum Gasteiger partial charge on any atom is 0.358 e. The third-order valence-electron chi connectivity index (χ3n) is 3.20. The molecule has 0 atom stereocenters. The monoisotopic (exact) mass is 277 g/mol. The first-order valence-corrected chi connectivity index (χ1v) is 5.92. The van der Waals surface area contributed by atoms with Gasteiger partial charge in [-0.05, 0) is 6.92 Å². The van der Waals surface area contributed by atoms with Gasteiger partial charge in [-0.15, -0.1) is 5.10 Å². The summed E-state index contributed by atoms with van der Waals surface area (Å²) in [5, 5.41) is 19.6. The van der Waals surface area contributed by atoms with Gasteiger partial charge in [0, 0.05) is 18.7 Å². The molecule has 1 aliphatic rings. The number of carbonyl (C=O) groups excluding carboxylic acids is 1. The molecular formula is C11H11N5O4. The number of hydrogen-bond acceptors (Lipinski definition) is 6. The van der Waals surface area contributed by atoms with Gasteiger partial charge in [0.05, 0.1) is 18.4 Å². The van der Waals surface area contributed by atoms with E-state index in [0.29, 0.717) is 18.7 Å². The number of carbonyl (C=O) groups is 2. The lowest BCUT2D eigenvalue weighted by Gasteiger charge is -2.38. The summed E-state index contributed by atoms with van der Waals surface area (Å²) in [7, 11) is 0. The highest BCUT2D eigenvalue weighted by Crippen LogP contribution is 2.23. The number of aryl methyl sites for hydroxylation is 1. The smallest absolute Gasteiger partial charge is 0.358 e. The predicted octanol–water partition coefficient (Wildman–Crippen LogP) is -0.0302. The van der Waals surface area contributed by atoms with Crippen LogP contribution < -0.4 is 0 Å². The number of carboxylic acids is 1. The minimum atomic E-state index is -1.12. The Bertz CT molecular complexity index is 670. The van der Waals surface area contributed by atoms with Gasteiger partial charge >= 0.3 is 5.97 Å². The van der Waals surface area contributed by atoms with Crippen LogP contribution in [0.4, 0.5) is 0 Å². The summed E-state index contributed by atoms with van der Waals surface area (Å²) < 4.78 is 6.36. The molecule has 0 saturated carbocycles. The zero-order chi connectivity index (χ0) is 14.3. The van der Waals surface area contributed by atoms with Crippen molar-refractivity contribution in [3.63, 3.8) is 0 Å². The summed E-state index contributed by atoms with van der Waals surface area (Å²) in [6.07, 6.45) is 2.84. The molecule has 2 aromatic rings. The normalized spacial score (nSPS) is 15.2. The molecule has 1 N–H and O–H groups in total. The molecule has 9 nitrogen and oxygen atoms in total. The van der Waals surface area contributed by atoms with Crippen molar-refractivity contribution in [1.29, 1.82) is 0 Å². The molecule has 3 rings (SSSR count). The molecule has 2 aromatic heterocycles. The van der Waals surface area contributed by atoms with Gasteiger partial charge in [-0.3, -0.25) is 4.79 Å². The largest absolute Gasteiger partial charge is 0.476 e. The van der Waals surface area contributed by atoms with E-state index in [1.54, 1.807) is 11.8 Å². The average molecular weight is 277 g/mol. The van der Waals surface area contributed by atoms with Crippen LogP contribution in [0.3, 0.4) is 0 Å². The molecule has 0 bridgehead atoms. The lowest BCUT2D eigenvalue weighted by molar-refractivity contribution is 0.0456. The van der Waals surface area contributed by atoms with Gasteiger partial charge in [0.1, 0.15) is 0 Å². The average Bonchev–Trinajstić information content (AvgIpc) is 2.95. The highest BCUT2D eigenvalue weighted by atomic mass is 16.5. The molecule has 9 heteroatoms. The quantitative estimate of drug-likeness (QED) is 0.837. The Morgan fingerprint density at radius 1 is 1.45 bits per heavy atom. The second-order valence-corrected chi connectivity index (χ2v) is 4.59. The molecule has 0 spiro atoms. The summed E-state index contributed by atoms with van der Waals surface area (Å²) in [6.45, 7) is 2.61. The zero-order valence-electron chi connectivity index (χ0n) is 10.6. The van der Waals surface area contributed by atoms with Crippen LogP contribution in [-0.4, -0.2) is 55.1 Å². The number of hydrogen-bond donors (Lipinski definition) is 1. The van der Waals surface area contributed by atoms with Crippen molar-refractivity contribution in [1.82, 2.24) is 25.1 Å². The van der Waals surface area contributed by atoms with Gasteiger partial charge in [-0.2, -0.15) is 0 Å². The molecule has 1 aliphatic heterocycles. The second-order valence-electron chi connectivity index (χ2n) is 4.59. The number of nitrogens with zero attached hydrogens (tertiary/aromatic N) is 5. The molecule has 20 heavy (non-hydrogen) atoms. The molecular weight excluding hydrogens is 266 g/mol. The molecule has 0 aromatic carbocycles. The Hall–Kier alpha value is -2.71. The van der Waals surface area contributed by atoms with Gasteiger partial charge in [0.15, 0.2) is 5.69 Å². The summed E-state index contributed by atoms with van der Waals surface area (Å²) in [4.78, 5) is 24.3. The molecule has 1 amide bonds. The Morgan fingerprint density at radius 2 is 2.20 bits per heavy atom. The van der Waals surface area contributed by atoms with E-state index in [0.717, 1.165) is 0 Å². The Labute approximate surface area is 112 Å². The Balaban J connectivity index is 1.65. The van der Waals surface area contributed by atoms with Crippen molar-refractivity contribution in [2.75, 3.05) is 13.1 Å². The van der Waals surface area contributed by atoms with Gasteiger partial charge < -0.3 is 14.5 Å². The van der Waals surface area contributed by atoms with E-state index in [-0.39, 0.29) is 23.4 Å². The van der Waals surface area contributed by atoms with Crippen LogP contribution in [0.25, 0.3) is 0 Å². The first-order valence-electron chi connectivity index (χ1n) is 5.92. The van der Waals surface area contributed by atoms with Crippen LogP contribution in [0.1, 0.15) is 32.6 Å². The predicted molar refractivity (Wildman–Crippen MR) is 63.2 cm³/mol. The van der Waals surface area contributed by atoms with E-state index < -0.39 is 5.97 Å². The maximum absolute atomic E-state index is 12.1. The van der Waals surface area contributed by atoms with Crippen LogP contribution in [0.15, 0.2) is 16.9 Å². The Kier molecular flexibility index (Phi) is 2.74. The topological polar surface area (TPSA) is 114 Å². The lowest BCUT2D eigenvalue weighted by atomic mass is 10.1. The van der Waals surface area contributed by atoms with E-state index in [2.05, 4.69) is 15.5 Å². The number of aromatic nitrogens is 4. The highest BCUT2D eigenvalue weighted by Gasteiger charge is 2.35.